The van der Waals surface area contributed by atoms with E-state index in [1.54, 1.807) is 13.4 Å². The summed E-state index contributed by atoms with van der Waals surface area (Å²) in [5.41, 5.74) is 6.42. The molecule has 0 aliphatic heterocycles. The van der Waals surface area contributed by atoms with Gasteiger partial charge in [0.1, 0.15) is 0 Å². The number of nitrogens with zero attached hydrogens (tertiary/aromatic N) is 1. The molecule has 0 aliphatic carbocycles. The Labute approximate surface area is 62.0 Å². The first-order valence-electron chi connectivity index (χ1n) is 3.27. The van der Waals surface area contributed by atoms with E-state index in [1.165, 1.54) is 0 Å². The van der Waals surface area contributed by atoms with Crippen molar-refractivity contribution in [2.45, 2.75) is 19.4 Å². The second-order valence-electron chi connectivity index (χ2n) is 2.32. The molecule has 0 saturated heterocycles. The van der Waals surface area contributed by atoms with Crippen molar-refractivity contribution in [2.75, 3.05) is 7.05 Å². The van der Waals surface area contributed by atoms with Crippen molar-refractivity contribution in [3.8, 4) is 0 Å². The summed E-state index contributed by atoms with van der Waals surface area (Å²) < 4.78 is 0. The van der Waals surface area contributed by atoms with Crippen LogP contribution < -0.4 is 11.1 Å². The molecule has 3 N–H and O–H groups in total. The van der Waals surface area contributed by atoms with E-state index in [0.717, 1.165) is 12.1 Å². The molecule has 0 heterocycles. The van der Waals surface area contributed by atoms with Crippen LogP contribution >= 0.6 is 0 Å². The standard InChI is InChI=1S/C7H15N3/c1-6(8)4-7(2)10-5-9-3/h5-6H,2,4,8H2,1,3H3,(H,9,10). The Kier molecular flexibility index (Phi) is 4.58. The molecule has 0 saturated carbocycles. The van der Waals surface area contributed by atoms with Crippen LogP contribution in [0, 0.1) is 0 Å². The van der Waals surface area contributed by atoms with Gasteiger partial charge < -0.3 is 11.1 Å². The lowest BCUT2D eigenvalue weighted by atomic mass is 10.2. The van der Waals surface area contributed by atoms with E-state index >= 15 is 0 Å². The monoisotopic (exact) mass is 141 g/mol. The molecular formula is C7H15N3. The van der Waals surface area contributed by atoms with Crippen molar-refractivity contribution < 1.29 is 0 Å². The Balaban J connectivity index is 3.44. The molecule has 58 valence electrons. The third-order valence-electron chi connectivity index (χ3n) is 0.966. The van der Waals surface area contributed by atoms with Crippen molar-refractivity contribution in [2.24, 2.45) is 10.7 Å². The number of nitrogens with one attached hydrogen (secondary N) is 1. The fourth-order valence-electron chi connectivity index (χ4n) is 0.603. The summed E-state index contributed by atoms with van der Waals surface area (Å²) in [6.07, 6.45) is 2.39. The lowest BCUT2D eigenvalue weighted by Gasteiger charge is -2.06. The van der Waals surface area contributed by atoms with Crippen LogP contribution in [0.1, 0.15) is 13.3 Å². The highest BCUT2D eigenvalue weighted by atomic mass is 14.9. The van der Waals surface area contributed by atoms with Crippen LogP contribution in [0.4, 0.5) is 0 Å². The lowest BCUT2D eigenvalue weighted by Crippen LogP contribution is -2.20. The molecule has 0 aliphatic rings. The molecule has 3 nitrogen and oxygen atoms in total. The molecule has 0 aromatic heterocycles. The molecule has 0 aromatic carbocycles. The van der Waals surface area contributed by atoms with Gasteiger partial charge >= 0.3 is 0 Å². The summed E-state index contributed by atoms with van der Waals surface area (Å²) in [5, 5.41) is 2.90. The van der Waals surface area contributed by atoms with E-state index in [0.29, 0.717) is 0 Å². The number of nitrogens with two attached hydrogens (primary N) is 1. The zero-order chi connectivity index (χ0) is 7.98. The minimum Gasteiger partial charge on any atom is -0.351 e. The summed E-state index contributed by atoms with van der Waals surface area (Å²) in [4.78, 5) is 3.75. The summed E-state index contributed by atoms with van der Waals surface area (Å²) in [5.74, 6) is 0. The Morgan fingerprint density at radius 2 is 2.50 bits per heavy atom. The third-order valence-corrected chi connectivity index (χ3v) is 0.966. The van der Waals surface area contributed by atoms with Gasteiger partial charge in [-0.25, -0.2) is 0 Å². The Bertz CT molecular complexity index is 127. The zero-order valence-electron chi connectivity index (χ0n) is 6.59. The molecule has 1 unspecified atom stereocenters. The van der Waals surface area contributed by atoms with E-state index in [9.17, 15) is 0 Å². The van der Waals surface area contributed by atoms with Crippen molar-refractivity contribution >= 4 is 6.34 Å². The first-order valence-corrected chi connectivity index (χ1v) is 3.27. The average molecular weight is 141 g/mol. The van der Waals surface area contributed by atoms with Crippen molar-refractivity contribution in [1.29, 1.82) is 0 Å². The SMILES string of the molecule is C=C(CC(C)N)NC=NC. The Morgan fingerprint density at radius 3 is 2.90 bits per heavy atom. The maximum absolute atomic E-state index is 5.52. The molecule has 0 rings (SSSR count). The molecule has 0 radical (unpaired) electrons. The first kappa shape index (κ1) is 9.17. The van der Waals surface area contributed by atoms with Crippen LogP contribution in [-0.2, 0) is 0 Å². The van der Waals surface area contributed by atoms with E-state index in [4.69, 9.17) is 5.73 Å². The normalized spacial score (nSPS) is 13.5. The predicted molar refractivity (Wildman–Crippen MR) is 45.0 cm³/mol. The van der Waals surface area contributed by atoms with Crippen LogP contribution in [0.15, 0.2) is 17.3 Å². The minimum atomic E-state index is 0.158. The molecule has 0 amide bonds. The van der Waals surface area contributed by atoms with Crippen LogP contribution in [-0.4, -0.2) is 19.4 Å². The van der Waals surface area contributed by atoms with Gasteiger partial charge in [-0.2, -0.15) is 0 Å². The highest BCUT2D eigenvalue weighted by Crippen LogP contribution is 1.94. The predicted octanol–water partition coefficient (Wildman–Crippen LogP) is 0.485. The maximum atomic E-state index is 5.52. The van der Waals surface area contributed by atoms with Gasteiger partial charge in [0, 0.05) is 25.2 Å². The van der Waals surface area contributed by atoms with Gasteiger partial charge in [-0.05, 0) is 6.92 Å². The van der Waals surface area contributed by atoms with Gasteiger partial charge in [-0.1, -0.05) is 6.58 Å². The third kappa shape index (κ3) is 5.31. The van der Waals surface area contributed by atoms with Crippen LogP contribution in [0.5, 0.6) is 0 Å². The van der Waals surface area contributed by atoms with E-state index in [2.05, 4.69) is 16.9 Å². The lowest BCUT2D eigenvalue weighted by molar-refractivity contribution is 0.715. The van der Waals surface area contributed by atoms with E-state index < -0.39 is 0 Å². The largest absolute Gasteiger partial charge is 0.351 e. The van der Waals surface area contributed by atoms with E-state index in [-0.39, 0.29) is 6.04 Å². The molecule has 0 fully saturated rings. The van der Waals surface area contributed by atoms with Gasteiger partial charge in [-0.3, -0.25) is 4.99 Å². The highest BCUT2D eigenvalue weighted by Gasteiger charge is 1.94. The highest BCUT2D eigenvalue weighted by molar-refractivity contribution is 5.56. The van der Waals surface area contributed by atoms with Gasteiger partial charge in [-0.15, -0.1) is 0 Å². The molecule has 3 heteroatoms. The minimum absolute atomic E-state index is 0.158. The van der Waals surface area contributed by atoms with Gasteiger partial charge in [0.25, 0.3) is 0 Å². The summed E-state index contributed by atoms with van der Waals surface area (Å²) >= 11 is 0. The number of rotatable bonds is 4. The summed E-state index contributed by atoms with van der Waals surface area (Å²) in [7, 11) is 1.70. The van der Waals surface area contributed by atoms with Crippen LogP contribution in [0.25, 0.3) is 0 Å². The Morgan fingerprint density at radius 1 is 1.90 bits per heavy atom. The molecule has 0 spiro atoms. The zero-order valence-corrected chi connectivity index (χ0v) is 6.59. The smallest absolute Gasteiger partial charge is 0.0861 e. The molecule has 10 heavy (non-hydrogen) atoms. The number of hydrogen-bond donors (Lipinski definition) is 2. The molecular weight excluding hydrogens is 126 g/mol. The fourth-order valence-corrected chi connectivity index (χ4v) is 0.603. The van der Waals surface area contributed by atoms with Gasteiger partial charge in [0.2, 0.25) is 0 Å². The molecule has 1 atom stereocenters. The summed E-state index contributed by atoms with van der Waals surface area (Å²) in [6.45, 7) is 5.69. The Hall–Kier alpha value is -0.830. The van der Waals surface area contributed by atoms with Crippen molar-refractivity contribution in [3.05, 3.63) is 12.3 Å². The van der Waals surface area contributed by atoms with Crippen molar-refractivity contribution in [1.82, 2.24) is 5.32 Å². The first-order chi connectivity index (χ1) is 4.66. The summed E-state index contributed by atoms with van der Waals surface area (Å²) in [6, 6.07) is 0.158. The number of hydrogen-bond acceptors (Lipinski definition) is 2. The van der Waals surface area contributed by atoms with Crippen LogP contribution in [0.3, 0.4) is 0 Å². The quantitative estimate of drug-likeness (QED) is 0.442. The number of aliphatic imine (C=N–C) groups is 1. The maximum Gasteiger partial charge on any atom is 0.0861 e. The fraction of sp³-hybridized carbons (Fsp3) is 0.571. The van der Waals surface area contributed by atoms with Crippen LogP contribution in [0.2, 0.25) is 0 Å². The molecule has 0 bridgehead atoms. The van der Waals surface area contributed by atoms with Gasteiger partial charge in [0.15, 0.2) is 0 Å². The molecule has 0 aromatic rings. The van der Waals surface area contributed by atoms with E-state index in [1.807, 2.05) is 6.92 Å². The average Bonchev–Trinajstić information content (AvgIpc) is 1.82. The second-order valence-corrected chi connectivity index (χ2v) is 2.32. The topological polar surface area (TPSA) is 50.4 Å². The second kappa shape index (κ2) is 4.99. The van der Waals surface area contributed by atoms with Crippen molar-refractivity contribution in [3.63, 3.8) is 0 Å². The van der Waals surface area contributed by atoms with Gasteiger partial charge in [0.05, 0.1) is 6.34 Å².